The number of carbonyl (C=O) groups is 2. The van der Waals surface area contributed by atoms with E-state index in [0.29, 0.717) is 31.5 Å². The number of aromatic nitrogens is 2. The summed E-state index contributed by atoms with van der Waals surface area (Å²) in [4.78, 5) is 29.6. The van der Waals surface area contributed by atoms with Crippen LogP contribution in [0.15, 0.2) is 4.99 Å². The van der Waals surface area contributed by atoms with Crippen molar-refractivity contribution in [2.24, 2.45) is 10.9 Å². The van der Waals surface area contributed by atoms with E-state index in [2.05, 4.69) is 21.5 Å². The van der Waals surface area contributed by atoms with E-state index in [1.807, 2.05) is 6.92 Å². The zero-order chi connectivity index (χ0) is 14.5. The Labute approximate surface area is 122 Å². The Bertz CT molecular complexity index is 520. The van der Waals surface area contributed by atoms with E-state index in [-0.39, 0.29) is 11.6 Å². The molecule has 5 nitrogen and oxygen atoms in total. The fourth-order valence-electron chi connectivity index (χ4n) is 2.33. The highest BCUT2D eigenvalue weighted by Crippen LogP contribution is 2.25. The number of aliphatic imine (C=N–C) groups is 1. The fraction of sp³-hybridized carbons (Fsp3) is 0.643. The molecule has 0 amide bonds. The second kappa shape index (κ2) is 6.83. The van der Waals surface area contributed by atoms with Gasteiger partial charge in [-0.15, -0.1) is 5.10 Å². The summed E-state index contributed by atoms with van der Waals surface area (Å²) in [6, 6.07) is 0. The number of hydrogen-bond acceptors (Lipinski definition) is 6. The van der Waals surface area contributed by atoms with Crippen LogP contribution in [-0.2, 0) is 9.59 Å². The lowest BCUT2D eigenvalue weighted by atomic mass is 9.82. The first-order valence-electron chi connectivity index (χ1n) is 7.04. The second-order valence-electron chi connectivity index (χ2n) is 5.03. The second-order valence-corrected chi connectivity index (χ2v) is 5.78. The molecule has 1 fully saturated rings. The maximum atomic E-state index is 12.1. The van der Waals surface area contributed by atoms with Crippen molar-refractivity contribution in [3.05, 3.63) is 10.6 Å². The zero-order valence-electron chi connectivity index (χ0n) is 11.9. The normalized spacial score (nSPS) is 17.8. The third kappa shape index (κ3) is 3.17. The minimum atomic E-state index is -0.693. The first-order chi connectivity index (χ1) is 9.65. The molecular weight excluding hydrogens is 274 g/mol. The molecule has 0 spiro atoms. The van der Waals surface area contributed by atoms with Crippen LogP contribution in [0.3, 0.4) is 0 Å². The molecule has 1 aromatic heterocycles. The van der Waals surface area contributed by atoms with Crippen LogP contribution in [0.2, 0.25) is 0 Å². The standard InChI is InChI=1S/C14H19N3O2S/c1-3-4-8-15-13(14-9(2)16-17-20-14)12-10(18)6-5-7-11(12)19/h12H,3-8H2,1-2H3. The highest BCUT2D eigenvalue weighted by atomic mass is 32.1. The minimum Gasteiger partial charge on any atom is -0.298 e. The summed E-state index contributed by atoms with van der Waals surface area (Å²) in [6.07, 6.45) is 3.58. The number of aryl methyl sites for hydroxylation is 1. The maximum Gasteiger partial charge on any atom is 0.149 e. The quantitative estimate of drug-likeness (QED) is 0.474. The Morgan fingerprint density at radius 1 is 1.35 bits per heavy atom. The van der Waals surface area contributed by atoms with Crippen molar-refractivity contribution in [1.82, 2.24) is 9.59 Å². The monoisotopic (exact) mass is 293 g/mol. The van der Waals surface area contributed by atoms with Crippen LogP contribution in [-0.4, -0.2) is 33.4 Å². The van der Waals surface area contributed by atoms with Gasteiger partial charge in [-0.05, 0) is 31.3 Å². The molecule has 2 rings (SSSR count). The average Bonchev–Trinajstić information content (AvgIpc) is 2.83. The van der Waals surface area contributed by atoms with Crippen molar-refractivity contribution in [3.63, 3.8) is 0 Å². The molecule has 0 N–H and O–H groups in total. The van der Waals surface area contributed by atoms with Gasteiger partial charge in [0.2, 0.25) is 0 Å². The van der Waals surface area contributed by atoms with Crippen molar-refractivity contribution in [2.45, 2.75) is 46.0 Å². The lowest BCUT2D eigenvalue weighted by molar-refractivity contribution is -0.132. The Kier molecular flexibility index (Phi) is 5.11. The van der Waals surface area contributed by atoms with E-state index in [9.17, 15) is 9.59 Å². The molecule has 0 aliphatic heterocycles. The number of carbonyl (C=O) groups excluding carboxylic acids is 2. The molecule has 1 heterocycles. The summed E-state index contributed by atoms with van der Waals surface area (Å²) < 4.78 is 3.90. The third-order valence-electron chi connectivity index (χ3n) is 3.44. The minimum absolute atomic E-state index is 0.00991. The van der Waals surface area contributed by atoms with Crippen LogP contribution >= 0.6 is 11.5 Å². The predicted octanol–water partition coefficient (Wildman–Crippen LogP) is 2.37. The van der Waals surface area contributed by atoms with E-state index in [4.69, 9.17) is 0 Å². The van der Waals surface area contributed by atoms with Gasteiger partial charge in [-0.25, -0.2) is 0 Å². The van der Waals surface area contributed by atoms with Crippen LogP contribution in [0.5, 0.6) is 0 Å². The zero-order valence-corrected chi connectivity index (χ0v) is 12.7. The van der Waals surface area contributed by atoms with Crippen LogP contribution < -0.4 is 0 Å². The van der Waals surface area contributed by atoms with Crippen molar-refractivity contribution < 1.29 is 9.59 Å². The van der Waals surface area contributed by atoms with Crippen LogP contribution in [0.25, 0.3) is 0 Å². The van der Waals surface area contributed by atoms with Gasteiger partial charge in [0.05, 0.1) is 16.3 Å². The molecule has 20 heavy (non-hydrogen) atoms. The number of hydrogen-bond donors (Lipinski definition) is 0. The Hall–Kier alpha value is -1.43. The first-order valence-corrected chi connectivity index (χ1v) is 7.81. The summed E-state index contributed by atoms with van der Waals surface area (Å²) in [6.45, 7) is 4.57. The molecule has 108 valence electrons. The van der Waals surface area contributed by atoms with E-state index in [0.717, 1.165) is 23.4 Å². The Morgan fingerprint density at radius 2 is 2.05 bits per heavy atom. The molecular formula is C14H19N3O2S. The molecule has 0 aromatic carbocycles. The Balaban J connectivity index is 2.35. The van der Waals surface area contributed by atoms with Crippen molar-refractivity contribution in [3.8, 4) is 0 Å². The van der Waals surface area contributed by atoms with Crippen LogP contribution in [0.4, 0.5) is 0 Å². The summed E-state index contributed by atoms with van der Waals surface area (Å²) in [5.74, 6) is -0.713. The summed E-state index contributed by atoms with van der Waals surface area (Å²) >= 11 is 1.22. The average molecular weight is 293 g/mol. The molecule has 0 unspecified atom stereocenters. The highest BCUT2D eigenvalue weighted by molar-refractivity contribution is 7.08. The van der Waals surface area contributed by atoms with Gasteiger partial charge in [0.15, 0.2) is 0 Å². The van der Waals surface area contributed by atoms with Crippen molar-refractivity contribution >= 4 is 28.8 Å². The van der Waals surface area contributed by atoms with Gasteiger partial charge >= 0.3 is 0 Å². The molecule has 6 heteroatoms. The molecule has 0 atom stereocenters. The highest BCUT2D eigenvalue weighted by Gasteiger charge is 2.36. The van der Waals surface area contributed by atoms with E-state index in [1.165, 1.54) is 11.5 Å². The molecule has 0 saturated heterocycles. The molecule has 1 saturated carbocycles. The van der Waals surface area contributed by atoms with Gasteiger partial charge in [0.1, 0.15) is 17.5 Å². The van der Waals surface area contributed by atoms with Gasteiger partial charge in [0.25, 0.3) is 0 Å². The van der Waals surface area contributed by atoms with Crippen molar-refractivity contribution in [2.75, 3.05) is 6.54 Å². The molecule has 1 aliphatic carbocycles. The van der Waals surface area contributed by atoms with Crippen LogP contribution in [0, 0.1) is 12.8 Å². The first kappa shape index (κ1) is 15.0. The lowest BCUT2D eigenvalue weighted by Gasteiger charge is -2.20. The third-order valence-corrected chi connectivity index (χ3v) is 4.29. The van der Waals surface area contributed by atoms with E-state index >= 15 is 0 Å². The van der Waals surface area contributed by atoms with Gasteiger partial charge in [-0.3, -0.25) is 14.6 Å². The number of rotatable bonds is 5. The molecule has 0 radical (unpaired) electrons. The number of Topliss-reactive ketones (excluding diaryl/α,β-unsaturated/α-hetero) is 2. The van der Waals surface area contributed by atoms with Crippen LogP contribution in [0.1, 0.15) is 49.6 Å². The van der Waals surface area contributed by atoms with Crippen molar-refractivity contribution in [1.29, 1.82) is 0 Å². The topological polar surface area (TPSA) is 72.3 Å². The summed E-state index contributed by atoms with van der Waals surface area (Å²) in [5.41, 5.74) is 1.34. The molecule has 1 aromatic rings. The fourth-order valence-corrected chi connectivity index (χ4v) is 3.02. The maximum absolute atomic E-state index is 12.1. The number of unbranched alkanes of at least 4 members (excludes halogenated alkanes) is 1. The number of ketones is 2. The van der Waals surface area contributed by atoms with E-state index in [1.54, 1.807) is 0 Å². The predicted molar refractivity (Wildman–Crippen MR) is 78.3 cm³/mol. The largest absolute Gasteiger partial charge is 0.298 e. The summed E-state index contributed by atoms with van der Waals surface area (Å²) in [5, 5.41) is 3.98. The van der Waals surface area contributed by atoms with E-state index < -0.39 is 5.92 Å². The summed E-state index contributed by atoms with van der Waals surface area (Å²) in [7, 11) is 0. The van der Waals surface area contributed by atoms with Gasteiger partial charge < -0.3 is 0 Å². The lowest BCUT2D eigenvalue weighted by Crippen LogP contribution is -2.36. The van der Waals surface area contributed by atoms with Gasteiger partial charge in [0, 0.05) is 19.4 Å². The molecule has 0 bridgehead atoms. The smallest absolute Gasteiger partial charge is 0.149 e. The number of nitrogens with zero attached hydrogens (tertiary/aromatic N) is 3. The van der Waals surface area contributed by atoms with Gasteiger partial charge in [-0.2, -0.15) is 0 Å². The Morgan fingerprint density at radius 3 is 2.60 bits per heavy atom. The SMILES string of the molecule is CCCCN=C(c1snnc1C)C1C(=O)CCCC1=O. The van der Waals surface area contributed by atoms with Gasteiger partial charge in [-0.1, -0.05) is 17.8 Å². The molecule has 1 aliphatic rings.